The zero-order valence-corrected chi connectivity index (χ0v) is 12.5. The molecule has 6 heteroatoms. The largest absolute Gasteiger partial charge is 0.334 e. The van der Waals surface area contributed by atoms with Crippen LogP contribution in [0.1, 0.15) is 24.6 Å². The van der Waals surface area contributed by atoms with E-state index in [2.05, 4.69) is 31.4 Å². The predicted molar refractivity (Wildman–Crippen MR) is 77.3 cm³/mol. The molecule has 0 bridgehead atoms. The van der Waals surface area contributed by atoms with Crippen LogP contribution < -0.4 is 5.32 Å². The molecule has 1 fully saturated rings. The summed E-state index contributed by atoms with van der Waals surface area (Å²) in [6.45, 7) is 2.02. The smallest absolute Gasteiger partial charge is 0.259 e. The van der Waals surface area contributed by atoms with Crippen molar-refractivity contribution in [2.75, 3.05) is 13.1 Å². The van der Waals surface area contributed by atoms with Crippen molar-refractivity contribution in [3.05, 3.63) is 33.5 Å². The molecule has 1 N–H and O–H groups in total. The molecule has 0 amide bonds. The summed E-state index contributed by atoms with van der Waals surface area (Å²) >= 11 is 9.57. The molecule has 0 atom stereocenters. The summed E-state index contributed by atoms with van der Waals surface area (Å²) in [4.78, 5) is 4.49. The molecule has 1 aliphatic heterocycles. The predicted octanol–water partition coefficient (Wildman–Crippen LogP) is 3.62. The maximum absolute atomic E-state index is 6.19. The van der Waals surface area contributed by atoms with Gasteiger partial charge in [0.15, 0.2) is 5.82 Å². The number of halogens is 2. The molecule has 1 aromatic heterocycles. The van der Waals surface area contributed by atoms with Crippen molar-refractivity contribution in [3.63, 3.8) is 0 Å². The van der Waals surface area contributed by atoms with Crippen molar-refractivity contribution in [3.8, 4) is 11.5 Å². The molecular formula is C13H13BrClN3O. The molecule has 100 valence electrons. The average Bonchev–Trinajstić information content (AvgIpc) is 2.89. The summed E-state index contributed by atoms with van der Waals surface area (Å²) in [6, 6.07) is 5.62. The highest BCUT2D eigenvalue weighted by molar-refractivity contribution is 9.10. The van der Waals surface area contributed by atoms with Crippen molar-refractivity contribution in [2.24, 2.45) is 0 Å². The molecule has 2 aromatic rings. The molecule has 1 saturated heterocycles. The Labute approximate surface area is 124 Å². The summed E-state index contributed by atoms with van der Waals surface area (Å²) in [5.41, 5.74) is 0.776. The van der Waals surface area contributed by atoms with Crippen LogP contribution in [0, 0.1) is 0 Å². The van der Waals surface area contributed by atoms with Crippen LogP contribution in [0.3, 0.4) is 0 Å². The molecule has 1 aliphatic rings. The van der Waals surface area contributed by atoms with Crippen LogP contribution in [0.5, 0.6) is 0 Å². The lowest BCUT2D eigenvalue weighted by molar-refractivity contribution is 0.392. The number of aromatic nitrogens is 2. The van der Waals surface area contributed by atoms with E-state index in [1.54, 1.807) is 0 Å². The first-order valence-corrected chi connectivity index (χ1v) is 7.41. The van der Waals surface area contributed by atoms with E-state index < -0.39 is 0 Å². The first-order chi connectivity index (χ1) is 9.24. The van der Waals surface area contributed by atoms with Gasteiger partial charge in [-0.1, -0.05) is 32.7 Å². The monoisotopic (exact) mass is 341 g/mol. The molecule has 4 nitrogen and oxygen atoms in total. The number of nitrogens with zero attached hydrogens (tertiary/aromatic N) is 2. The van der Waals surface area contributed by atoms with Crippen LogP contribution in [0.2, 0.25) is 5.02 Å². The van der Waals surface area contributed by atoms with Gasteiger partial charge in [0, 0.05) is 10.4 Å². The molecule has 19 heavy (non-hydrogen) atoms. The number of hydrogen-bond acceptors (Lipinski definition) is 4. The minimum atomic E-state index is 0.382. The summed E-state index contributed by atoms with van der Waals surface area (Å²) < 4.78 is 6.27. The third-order valence-corrected chi connectivity index (χ3v) is 4.11. The second-order valence-electron chi connectivity index (χ2n) is 4.61. The van der Waals surface area contributed by atoms with Gasteiger partial charge in [-0.25, -0.2) is 0 Å². The van der Waals surface area contributed by atoms with Gasteiger partial charge in [-0.3, -0.25) is 0 Å². The van der Waals surface area contributed by atoms with E-state index in [0.717, 1.165) is 41.8 Å². The van der Waals surface area contributed by atoms with Gasteiger partial charge in [0.25, 0.3) is 5.89 Å². The number of hydrogen-bond donors (Lipinski definition) is 1. The molecule has 0 unspecified atom stereocenters. The quantitative estimate of drug-likeness (QED) is 0.905. The Morgan fingerprint density at radius 2 is 2.11 bits per heavy atom. The Balaban J connectivity index is 1.87. The minimum absolute atomic E-state index is 0.382. The van der Waals surface area contributed by atoms with Crippen molar-refractivity contribution in [1.29, 1.82) is 0 Å². The Kier molecular flexibility index (Phi) is 3.86. The molecule has 0 spiro atoms. The lowest BCUT2D eigenvalue weighted by Crippen LogP contribution is -2.27. The molecule has 1 aromatic carbocycles. The van der Waals surface area contributed by atoms with Gasteiger partial charge in [-0.05, 0) is 44.1 Å². The maximum atomic E-state index is 6.19. The van der Waals surface area contributed by atoms with Crippen LogP contribution in [0.4, 0.5) is 0 Å². The van der Waals surface area contributed by atoms with Gasteiger partial charge >= 0.3 is 0 Å². The second-order valence-corrected chi connectivity index (χ2v) is 5.93. The standard InChI is InChI=1S/C13H13BrClN3O/c14-9-1-2-10(11(15)7-9)13-17-12(18-19-13)8-3-5-16-6-4-8/h1-2,7-8,16H,3-6H2. The average molecular weight is 343 g/mol. The van der Waals surface area contributed by atoms with E-state index in [-0.39, 0.29) is 0 Å². The molecular weight excluding hydrogens is 330 g/mol. The summed E-state index contributed by atoms with van der Waals surface area (Å²) in [6.07, 6.45) is 2.10. The third kappa shape index (κ3) is 2.83. The highest BCUT2D eigenvalue weighted by atomic mass is 79.9. The third-order valence-electron chi connectivity index (χ3n) is 3.31. The minimum Gasteiger partial charge on any atom is -0.334 e. The van der Waals surface area contributed by atoms with Gasteiger partial charge in [-0.15, -0.1) is 0 Å². The van der Waals surface area contributed by atoms with E-state index in [0.29, 0.717) is 16.8 Å². The zero-order valence-electron chi connectivity index (χ0n) is 10.2. The van der Waals surface area contributed by atoms with E-state index in [1.165, 1.54) is 0 Å². The lowest BCUT2D eigenvalue weighted by Gasteiger charge is -2.18. The summed E-state index contributed by atoms with van der Waals surface area (Å²) in [7, 11) is 0. The van der Waals surface area contributed by atoms with Gasteiger partial charge in [0.2, 0.25) is 0 Å². The molecule has 0 aliphatic carbocycles. The second kappa shape index (κ2) is 5.61. The van der Waals surface area contributed by atoms with E-state index in [9.17, 15) is 0 Å². The fraction of sp³-hybridized carbons (Fsp3) is 0.385. The van der Waals surface area contributed by atoms with Crippen LogP contribution >= 0.6 is 27.5 Å². The van der Waals surface area contributed by atoms with Crippen LogP contribution in [0.15, 0.2) is 27.2 Å². The number of piperidine rings is 1. The Hall–Kier alpha value is -0.910. The van der Waals surface area contributed by atoms with E-state index >= 15 is 0 Å². The first-order valence-electron chi connectivity index (χ1n) is 6.24. The molecule has 0 saturated carbocycles. The highest BCUT2D eigenvalue weighted by Crippen LogP contribution is 2.31. The van der Waals surface area contributed by atoms with E-state index in [4.69, 9.17) is 16.1 Å². The fourth-order valence-electron chi connectivity index (χ4n) is 2.25. The Morgan fingerprint density at radius 3 is 2.84 bits per heavy atom. The Bertz CT molecular complexity index is 581. The first kappa shape index (κ1) is 13.1. The van der Waals surface area contributed by atoms with Gasteiger partial charge in [0.1, 0.15) is 0 Å². The SMILES string of the molecule is Clc1cc(Br)ccc1-c1nc(C2CCNCC2)no1. The number of benzene rings is 1. The Morgan fingerprint density at radius 1 is 1.32 bits per heavy atom. The number of nitrogens with one attached hydrogen (secondary N) is 1. The van der Waals surface area contributed by atoms with Crippen molar-refractivity contribution < 1.29 is 4.52 Å². The molecule has 2 heterocycles. The van der Waals surface area contributed by atoms with E-state index in [1.807, 2.05) is 18.2 Å². The van der Waals surface area contributed by atoms with Crippen LogP contribution in [0.25, 0.3) is 11.5 Å². The van der Waals surface area contributed by atoms with Crippen molar-refractivity contribution in [1.82, 2.24) is 15.5 Å². The van der Waals surface area contributed by atoms with Crippen molar-refractivity contribution >= 4 is 27.5 Å². The lowest BCUT2D eigenvalue weighted by atomic mass is 9.98. The van der Waals surface area contributed by atoms with Gasteiger partial charge in [-0.2, -0.15) is 4.98 Å². The fourth-order valence-corrected chi connectivity index (χ4v) is 3.01. The molecule has 3 rings (SSSR count). The van der Waals surface area contributed by atoms with Crippen LogP contribution in [-0.2, 0) is 0 Å². The highest BCUT2D eigenvalue weighted by Gasteiger charge is 2.21. The normalized spacial score (nSPS) is 16.7. The topological polar surface area (TPSA) is 51.0 Å². The summed E-state index contributed by atoms with van der Waals surface area (Å²) in [5, 5.41) is 8.03. The number of rotatable bonds is 2. The van der Waals surface area contributed by atoms with Gasteiger partial charge < -0.3 is 9.84 Å². The zero-order chi connectivity index (χ0) is 13.2. The van der Waals surface area contributed by atoms with Crippen LogP contribution in [-0.4, -0.2) is 23.2 Å². The van der Waals surface area contributed by atoms with Crippen molar-refractivity contribution in [2.45, 2.75) is 18.8 Å². The summed E-state index contributed by atoms with van der Waals surface area (Å²) in [5.74, 6) is 1.66. The molecule has 0 radical (unpaired) electrons. The maximum Gasteiger partial charge on any atom is 0.259 e. The van der Waals surface area contributed by atoms with Gasteiger partial charge in [0.05, 0.1) is 10.6 Å².